The number of aliphatic carboxylic acids is 1. The molecule has 0 aliphatic heterocycles. The first-order chi connectivity index (χ1) is 9.81. The molecule has 21 heavy (non-hydrogen) atoms. The summed E-state index contributed by atoms with van der Waals surface area (Å²) < 4.78 is 26.8. The molecule has 1 aromatic heterocycles. The van der Waals surface area contributed by atoms with Crippen LogP contribution in [0.2, 0.25) is 0 Å². The SMILES string of the molecule is Cc1ccsc1S(=O)(=O)N[C@H](C(=O)O)c1ccc(O)cc1. The van der Waals surface area contributed by atoms with Gasteiger partial charge in [0, 0.05) is 0 Å². The highest BCUT2D eigenvalue weighted by Crippen LogP contribution is 2.25. The van der Waals surface area contributed by atoms with Gasteiger partial charge in [-0.1, -0.05) is 12.1 Å². The lowest BCUT2D eigenvalue weighted by molar-refractivity contribution is -0.139. The van der Waals surface area contributed by atoms with Gasteiger partial charge in [-0.2, -0.15) is 4.72 Å². The molecule has 0 fully saturated rings. The zero-order valence-electron chi connectivity index (χ0n) is 11.0. The van der Waals surface area contributed by atoms with E-state index in [-0.39, 0.29) is 15.5 Å². The summed E-state index contributed by atoms with van der Waals surface area (Å²) >= 11 is 1.02. The van der Waals surface area contributed by atoms with Crippen LogP contribution in [0.25, 0.3) is 0 Å². The van der Waals surface area contributed by atoms with Crippen LogP contribution in [0.4, 0.5) is 0 Å². The third-order valence-electron chi connectivity index (χ3n) is 2.81. The summed E-state index contributed by atoms with van der Waals surface area (Å²) in [7, 11) is -3.92. The van der Waals surface area contributed by atoms with E-state index in [1.165, 1.54) is 24.3 Å². The third-order valence-corrected chi connectivity index (χ3v) is 5.92. The number of phenols is 1. The van der Waals surface area contributed by atoms with Crippen molar-refractivity contribution in [2.45, 2.75) is 17.2 Å². The number of nitrogens with one attached hydrogen (secondary N) is 1. The minimum absolute atomic E-state index is 0.0279. The Morgan fingerprint density at radius 2 is 1.86 bits per heavy atom. The minimum Gasteiger partial charge on any atom is -0.508 e. The molecular formula is C13H13NO5S2. The summed E-state index contributed by atoms with van der Waals surface area (Å²) in [6.07, 6.45) is 0. The summed E-state index contributed by atoms with van der Waals surface area (Å²) in [6.45, 7) is 1.64. The molecule has 8 heteroatoms. The van der Waals surface area contributed by atoms with Crippen LogP contribution in [-0.4, -0.2) is 24.6 Å². The zero-order chi connectivity index (χ0) is 15.6. The molecule has 0 aliphatic rings. The first kappa shape index (κ1) is 15.5. The summed E-state index contributed by atoms with van der Waals surface area (Å²) in [5.74, 6) is -1.35. The summed E-state index contributed by atoms with van der Waals surface area (Å²) in [5.41, 5.74) is 0.792. The van der Waals surface area contributed by atoms with Crippen molar-refractivity contribution in [1.82, 2.24) is 4.72 Å². The Balaban J connectivity index is 2.35. The molecule has 1 heterocycles. The number of aromatic hydroxyl groups is 1. The van der Waals surface area contributed by atoms with Gasteiger partial charge in [-0.25, -0.2) is 8.42 Å². The van der Waals surface area contributed by atoms with Crippen LogP contribution in [-0.2, 0) is 14.8 Å². The molecule has 0 unspecified atom stereocenters. The molecule has 0 saturated heterocycles. The van der Waals surface area contributed by atoms with Gasteiger partial charge in [-0.3, -0.25) is 4.79 Å². The molecule has 0 amide bonds. The van der Waals surface area contributed by atoms with Crippen molar-refractivity contribution in [3.05, 3.63) is 46.8 Å². The standard InChI is InChI=1S/C13H13NO5S2/c1-8-6-7-20-13(8)21(18,19)14-11(12(16)17)9-2-4-10(15)5-3-9/h2-7,11,14-15H,1H3,(H,16,17)/t11-/m0/s1. The number of thiophene rings is 1. The van der Waals surface area contributed by atoms with Crippen molar-refractivity contribution in [2.75, 3.05) is 0 Å². The van der Waals surface area contributed by atoms with Crippen molar-refractivity contribution < 1.29 is 23.4 Å². The predicted octanol–water partition coefficient (Wildman–Crippen LogP) is 1.87. The fourth-order valence-electron chi connectivity index (χ4n) is 1.77. The van der Waals surface area contributed by atoms with Gasteiger partial charge in [-0.05, 0) is 41.6 Å². The van der Waals surface area contributed by atoms with Gasteiger partial charge in [-0.15, -0.1) is 11.3 Å². The van der Waals surface area contributed by atoms with Crippen molar-refractivity contribution in [3.8, 4) is 5.75 Å². The molecule has 0 aliphatic carbocycles. The van der Waals surface area contributed by atoms with E-state index in [4.69, 9.17) is 0 Å². The van der Waals surface area contributed by atoms with Gasteiger partial charge >= 0.3 is 5.97 Å². The van der Waals surface area contributed by atoms with E-state index in [2.05, 4.69) is 4.72 Å². The van der Waals surface area contributed by atoms with Gasteiger partial charge in [0.2, 0.25) is 0 Å². The Bertz CT molecular complexity index is 749. The number of benzene rings is 1. The predicted molar refractivity (Wildman–Crippen MR) is 77.9 cm³/mol. The zero-order valence-corrected chi connectivity index (χ0v) is 12.6. The summed E-state index contributed by atoms with van der Waals surface area (Å²) in [5, 5.41) is 20.1. The maximum absolute atomic E-state index is 12.3. The van der Waals surface area contributed by atoms with Crippen LogP contribution < -0.4 is 4.72 Å². The molecule has 0 spiro atoms. The van der Waals surface area contributed by atoms with E-state index in [1.54, 1.807) is 18.4 Å². The molecular weight excluding hydrogens is 314 g/mol. The number of rotatable bonds is 5. The van der Waals surface area contributed by atoms with E-state index in [9.17, 15) is 23.4 Å². The molecule has 1 atom stereocenters. The van der Waals surface area contributed by atoms with Crippen LogP contribution in [0.5, 0.6) is 5.75 Å². The minimum atomic E-state index is -3.92. The third kappa shape index (κ3) is 3.41. The molecule has 6 nitrogen and oxygen atoms in total. The molecule has 112 valence electrons. The van der Waals surface area contributed by atoms with Gasteiger partial charge in [0.05, 0.1) is 0 Å². The smallest absolute Gasteiger partial charge is 0.326 e. The second-order valence-corrected chi connectivity index (χ2v) is 7.20. The Kier molecular flexibility index (Phi) is 4.31. The number of carbonyl (C=O) groups is 1. The van der Waals surface area contributed by atoms with Crippen LogP contribution in [0.3, 0.4) is 0 Å². The van der Waals surface area contributed by atoms with Crippen LogP contribution in [0.15, 0.2) is 39.9 Å². The van der Waals surface area contributed by atoms with Crippen molar-refractivity contribution in [3.63, 3.8) is 0 Å². The second kappa shape index (κ2) is 5.84. The number of carboxylic acids is 1. The highest BCUT2D eigenvalue weighted by atomic mass is 32.2. The van der Waals surface area contributed by atoms with Crippen LogP contribution in [0, 0.1) is 6.92 Å². The van der Waals surface area contributed by atoms with Crippen molar-refractivity contribution >= 4 is 27.3 Å². The average Bonchev–Trinajstić information content (AvgIpc) is 2.84. The summed E-state index contributed by atoms with van der Waals surface area (Å²) in [4.78, 5) is 11.3. The van der Waals surface area contributed by atoms with E-state index in [0.717, 1.165) is 11.3 Å². The molecule has 0 bridgehead atoms. The summed E-state index contributed by atoms with van der Waals surface area (Å²) in [6, 6.07) is 5.55. The van der Waals surface area contributed by atoms with Gasteiger partial charge in [0.25, 0.3) is 10.0 Å². The fraction of sp³-hybridized carbons (Fsp3) is 0.154. The largest absolute Gasteiger partial charge is 0.508 e. The number of aryl methyl sites for hydroxylation is 1. The highest BCUT2D eigenvalue weighted by Gasteiger charge is 2.28. The van der Waals surface area contributed by atoms with Crippen LogP contribution >= 0.6 is 11.3 Å². The Morgan fingerprint density at radius 3 is 2.33 bits per heavy atom. The van der Waals surface area contributed by atoms with Crippen molar-refractivity contribution in [2.24, 2.45) is 0 Å². The quantitative estimate of drug-likeness (QED) is 0.778. The lowest BCUT2D eigenvalue weighted by Gasteiger charge is -2.15. The first-order valence-electron chi connectivity index (χ1n) is 5.89. The number of sulfonamides is 1. The fourth-order valence-corrected chi connectivity index (χ4v) is 4.38. The van der Waals surface area contributed by atoms with E-state index in [0.29, 0.717) is 5.56 Å². The lowest BCUT2D eigenvalue weighted by atomic mass is 10.1. The molecule has 1 aromatic carbocycles. The lowest BCUT2D eigenvalue weighted by Crippen LogP contribution is -2.33. The Hall–Kier alpha value is -1.90. The molecule has 3 N–H and O–H groups in total. The Morgan fingerprint density at radius 1 is 1.24 bits per heavy atom. The number of carboxylic acid groups (broad SMARTS) is 1. The highest BCUT2D eigenvalue weighted by molar-refractivity contribution is 7.91. The van der Waals surface area contributed by atoms with E-state index < -0.39 is 22.0 Å². The molecule has 0 saturated carbocycles. The second-order valence-electron chi connectivity index (χ2n) is 4.38. The first-order valence-corrected chi connectivity index (χ1v) is 8.25. The van der Waals surface area contributed by atoms with Gasteiger partial charge in [0.1, 0.15) is 16.0 Å². The molecule has 0 radical (unpaired) electrons. The van der Waals surface area contributed by atoms with Gasteiger partial charge in [0.15, 0.2) is 0 Å². The monoisotopic (exact) mass is 327 g/mol. The topological polar surface area (TPSA) is 104 Å². The number of hydrogen-bond acceptors (Lipinski definition) is 5. The molecule has 2 rings (SSSR count). The normalized spacial score (nSPS) is 13.0. The van der Waals surface area contributed by atoms with Crippen molar-refractivity contribution in [1.29, 1.82) is 0 Å². The Labute approximate surface area is 125 Å². The maximum atomic E-state index is 12.3. The van der Waals surface area contributed by atoms with Gasteiger partial charge < -0.3 is 10.2 Å². The average molecular weight is 327 g/mol. The van der Waals surface area contributed by atoms with E-state index in [1.807, 2.05) is 0 Å². The number of phenolic OH excluding ortho intramolecular Hbond substituents is 1. The van der Waals surface area contributed by atoms with E-state index >= 15 is 0 Å². The number of hydrogen-bond donors (Lipinski definition) is 3. The maximum Gasteiger partial charge on any atom is 0.326 e. The molecule has 2 aromatic rings. The van der Waals surface area contributed by atoms with Crippen LogP contribution in [0.1, 0.15) is 17.2 Å².